The van der Waals surface area contributed by atoms with Crippen LogP contribution in [0.3, 0.4) is 0 Å². The minimum absolute atomic E-state index is 0.0563. The second-order valence-corrected chi connectivity index (χ2v) is 25.6. The van der Waals surface area contributed by atoms with E-state index in [9.17, 15) is 68.3 Å². The lowest BCUT2D eigenvalue weighted by Crippen LogP contribution is -2.47. The molecule has 520 valence electrons. The summed E-state index contributed by atoms with van der Waals surface area (Å²) in [5.41, 5.74) is 5.11. The first kappa shape index (κ1) is 69.8. The van der Waals surface area contributed by atoms with Crippen molar-refractivity contribution in [3.63, 3.8) is 0 Å². The van der Waals surface area contributed by atoms with Crippen LogP contribution in [0, 0.1) is 0 Å². The Balaban J connectivity index is 0.000000151. The summed E-state index contributed by atoms with van der Waals surface area (Å²) in [6.07, 6.45) is -5.52. The van der Waals surface area contributed by atoms with Gasteiger partial charge in [-0.25, -0.2) is 14.4 Å². The largest absolute Gasteiger partial charge is 0.493 e. The van der Waals surface area contributed by atoms with Gasteiger partial charge in [0.05, 0.1) is 35.1 Å². The summed E-state index contributed by atoms with van der Waals surface area (Å²) in [6.45, 7) is 9.56. The fraction of sp³-hybridized carbons (Fsp3) is 0.324. The highest BCUT2D eigenvalue weighted by Crippen LogP contribution is 2.46. The van der Waals surface area contributed by atoms with Gasteiger partial charge in [0.1, 0.15) is 28.5 Å². The molecule has 1 atom stereocenters. The first-order valence-electron chi connectivity index (χ1n) is 31.5. The molecule has 19 nitrogen and oxygen atoms in total. The normalized spacial score (nSPS) is 19.2. The van der Waals surface area contributed by atoms with Crippen molar-refractivity contribution in [1.29, 1.82) is 0 Å². The van der Waals surface area contributed by atoms with Crippen LogP contribution in [0.2, 0.25) is 0 Å². The smallest absolute Gasteiger partial charge is 0.416 e. The molecule has 1 saturated heterocycles. The number of halogens is 9. The highest BCUT2D eigenvalue weighted by atomic mass is 19.4. The molecule has 7 N–H and O–H groups in total. The summed E-state index contributed by atoms with van der Waals surface area (Å²) in [5, 5.41) is 19.1. The number of allylic oxidation sites excluding steroid dienone is 1. The Morgan fingerprint density at radius 1 is 0.576 bits per heavy atom. The van der Waals surface area contributed by atoms with Gasteiger partial charge in [0.2, 0.25) is 17.7 Å². The number of rotatable bonds is 8. The molecule has 7 aliphatic rings. The lowest BCUT2D eigenvalue weighted by Gasteiger charge is -2.36. The monoisotopic (exact) mass is 1380 g/mol. The number of carbonyl (C=O) groups excluding carboxylic acids is 6. The molecule has 0 aromatic heterocycles. The third-order valence-electron chi connectivity index (χ3n) is 17.0. The van der Waals surface area contributed by atoms with E-state index < -0.39 is 64.1 Å². The summed E-state index contributed by atoms with van der Waals surface area (Å²) < 4.78 is 141. The van der Waals surface area contributed by atoms with Gasteiger partial charge >= 0.3 is 36.6 Å². The standard InChI is InChI=1S/C28H30F3N3O4.C22H20F3N3O3.C21H18F3N3O3/c1-27(2)14-18(22-9-7-19(28(29,30)31)12-24(22)38-27)11-25(35)32-20-8-6-17-15-34(16-21-5-4-10-37-21)26(36)33(3)23(17)13-20;1-21(2)10-12(14-7-6-13(22(23,24)25)9-18(14)31-21)8-19(29)27-16-4-3-5-17-15(16)11-26-20(30)28-17;22-21(23,24)13-6-7-14-12(3-2-8-30-18(14)10-13)9-19(28)26-16-4-1-5-17-15(16)11-25-20(29)27-17/h6-9,11-13,21H,4-5,10,14-16H2,1-3H3,(H,32,35);3-9H,10-11H2,1-2H3,(H,27,29)(H2,26,28,30);1,4-7,9-10H,2-3,8,11H2,(H,26,28)(H2,25,27,29)/b18-11+;12-8+;12-9+. The van der Waals surface area contributed by atoms with Gasteiger partial charge in [-0.05, 0) is 148 Å². The number of amides is 9. The molecule has 9 amide bonds. The van der Waals surface area contributed by atoms with Crippen molar-refractivity contribution in [1.82, 2.24) is 15.5 Å². The van der Waals surface area contributed by atoms with Gasteiger partial charge < -0.3 is 61.1 Å². The molecule has 99 heavy (non-hydrogen) atoms. The predicted molar refractivity (Wildman–Crippen MR) is 352 cm³/mol. The zero-order valence-electron chi connectivity index (χ0n) is 54.1. The lowest BCUT2D eigenvalue weighted by molar-refractivity contribution is -0.138. The highest BCUT2D eigenvalue weighted by molar-refractivity contribution is 6.08. The number of benzene rings is 6. The van der Waals surface area contributed by atoms with E-state index in [1.54, 1.807) is 93.1 Å². The molecule has 0 spiro atoms. The van der Waals surface area contributed by atoms with Gasteiger partial charge in [-0.2, -0.15) is 39.5 Å². The van der Waals surface area contributed by atoms with E-state index >= 15 is 0 Å². The Kier molecular flexibility index (Phi) is 19.6. The number of nitrogens with one attached hydrogen (secondary N) is 7. The quantitative estimate of drug-likeness (QED) is 0.0563. The van der Waals surface area contributed by atoms with E-state index in [2.05, 4.69) is 37.2 Å². The van der Waals surface area contributed by atoms with Crippen molar-refractivity contribution in [2.45, 2.75) is 122 Å². The first-order valence-corrected chi connectivity index (χ1v) is 31.5. The molecule has 7 aliphatic heterocycles. The van der Waals surface area contributed by atoms with Crippen LogP contribution in [0.1, 0.15) is 116 Å². The number of anilines is 6. The topological polar surface area (TPSA) is 230 Å². The molecule has 7 heterocycles. The zero-order chi connectivity index (χ0) is 70.9. The van der Waals surface area contributed by atoms with Crippen molar-refractivity contribution in [2.75, 3.05) is 58.3 Å². The zero-order valence-corrected chi connectivity index (χ0v) is 54.1. The Bertz CT molecular complexity index is 4310. The van der Waals surface area contributed by atoms with Crippen LogP contribution < -0.4 is 56.3 Å². The number of nitrogens with zero attached hydrogens (tertiary/aromatic N) is 2. The second-order valence-electron chi connectivity index (χ2n) is 25.6. The number of hydrogen-bond acceptors (Lipinski definition) is 10. The number of ether oxygens (including phenoxy) is 4. The van der Waals surface area contributed by atoms with Crippen LogP contribution in [-0.4, -0.2) is 84.8 Å². The SMILES string of the molecule is CC1(C)C/C(=C\C(=O)Nc2cccc3c2CNC(=O)N3)c2ccc(C(F)(F)F)cc2O1.CN1C(=O)N(CC2CCCO2)Cc2ccc(NC(=O)/C=C3\CC(C)(C)Oc4cc(C(F)(F)F)ccc43)cc21.O=C(/C=C1\CCCOc2cc(C(F)(F)F)ccc21)Nc1cccc2c1CNC(=O)N2. The van der Waals surface area contributed by atoms with Crippen molar-refractivity contribution < 1.29 is 87.2 Å². The first-order chi connectivity index (χ1) is 46.7. The minimum atomic E-state index is -4.50. The third-order valence-corrected chi connectivity index (χ3v) is 17.0. The number of hydrogen-bond donors (Lipinski definition) is 7. The van der Waals surface area contributed by atoms with Crippen LogP contribution in [0.5, 0.6) is 17.2 Å². The number of urea groups is 3. The molecule has 0 saturated carbocycles. The summed E-state index contributed by atoms with van der Waals surface area (Å²) >= 11 is 0. The maximum atomic E-state index is 13.2. The molecular formula is C71H68F9N9O10. The molecule has 0 radical (unpaired) electrons. The number of alkyl halides is 9. The van der Waals surface area contributed by atoms with Crippen LogP contribution in [0.25, 0.3) is 16.7 Å². The van der Waals surface area contributed by atoms with Crippen molar-refractivity contribution in [3.05, 3.63) is 177 Å². The average Bonchev–Trinajstić information content (AvgIpc) is 1.21. The summed E-state index contributed by atoms with van der Waals surface area (Å²) in [5.74, 6) is -0.962. The van der Waals surface area contributed by atoms with Gasteiger partial charge in [0.15, 0.2) is 0 Å². The van der Waals surface area contributed by atoms with E-state index in [0.29, 0.717) is 106 Å². The Hall–Kier alpha value is -10.5. The van der Waals surface area contributed by atoms with Gasteiger partial charge in [0, 0.05) is 127 Å². The third kappa shape index (κ3) is 16.7. The second kappa shape index (κ2) is 27.8. The average molecular weight is 1380 g/mol. The van der Waals surface area contributed by atoms with Crippen molar-refractivity contribution in [3.8, 4) is 17.2 Å². The lowest BCUT2D eigenvalue weighted by atomic mass is 9.88. The molecule has 1 unspecified atom stereocenters. The minimum Gasteiger partial charge on any atom is -0.493 e. The van der Waals surface area contributed by atoms with E-state index in [1.807, 2.05) is 6.07 Å². The Morgan fingerprint density at radius 2 is 1.05 bits per heavy atom. The Morgan fingerprint density at radius 3 is 1.54 bits per heavy atom. The molecule has 13 rings (SSSR count). The fourth-order valence-corrected chi connectivity index (χ4v) is 12.5. The van der Waals surface area contributed by atoms with Gasteiger partial charge in [-0.15, -0.1) is 0 Å². The van der Waals surface area contributed by atoms with Crippen molar-refractivity contribution in [2.24, 2.45) is 0 Å². The summed E-state index contributed by atoms with van der Waals surface area (Å²) in [6, 6.07) is 24.8. The summed E-state index contributed by atoms with van der Waals surface area (Å²) in [7, 11) is 1.70. The molecule has 28 heteroatoms. The van der Waals surface area contributed by atoms with Gasteiger partial charge in [0.25, 0.3) is 0 Å². The Labute approximate surface area is 562 Å². The van der Waals surface area contributed by atoms with E-state index in [-0.39, 0.29) is 61.1 Å². The van der Waals surface area contributed by atoms with Crippen LogP contribution in [-0.2, 0) is 57.3 Å². The van der Waals surface area contributed by atoms with Gasteiger partial charge in [-0.1, -0.05) is 36.4 Å². The number of carbonyl (C=O) groups is 6. The van der Waals surface area contributed by atoms with Crippen molar-refractivity contribution >= 4 is 86.7 Å². The van der Waals surface area contributed by atoms with E-state index in [1.165, 1.54) is 36.4 Å². The molecule has 0 bridgehead atoms. The fourth-order valence-electron chi connectivity index (χ4n) is 12.5. The molecule has 6 aromatic rings. The van der Waals surface area contributed by atoms with E-state index in [4.69, 9.17) is 18.9 Å². The molecule has 1 fully saturated rings. The van der Waals surface area contributed by atoms with Gasteiger partial charge in [-0.3, -0.25) is 19.3 Å². The van der Waals surface area contributed by atoms with Crippen LogP contribution >= 0.6 is 0 Å². The molecular weight excluding hydrogens is 1310 g/mol. The molecule has 6 aromatic carbocycles. The van der Waals surface area contributed by atoms with E-state index in [0.717, 1.165) is 72.5 Å². The predicted octanol–water partition coefficient (Wildman–Crippen LogP) is 15.3. The maximum absolute atomic E-state index is 13.2. The van der Waals surface area contributed by atoms with Crippen LogP contribution in [0.4, 0.5) is 88.0 Å². The highest BCUT2D eigenvalue weighted by Gasteiger charge is 2.39. The number of fused-ring (bicyclic) bond motifs is 6. The molecule has 0 aliphatic carbocycles. The van der Waals surface area contributed by atoms with Crippen LogP contribution in [0.15, 0.2) is 127 Å². The maximum Gasteiger partial charge on any atom is 0.416 e. The summed E-state index contributed by atoms with van der Waals surface area (Å²) in [4.78, 5) is 77.6.